The van der Waals surface area contributed by atoms with Crippen molar-refractivity contribution < 1.29 is 18.8 Å². The Morgan fingerprint density at radius 3 is 2.82 bits per heavy atom. The van der Waals surface area contributed by atoms with E-state index in [1.165, 1.54) is 11.0 Å². The van der Waals surface area contributed by atoms with E-state index in [1.54, 1.807) is 0 Å². The zero-order valence-electron chi connectivity index (χ0n) is 8.76. The highest BCUT2D eigenvalue weighted by Crippen LogP contribution is 2.19. The summed E-state index contributed by atoms with van der Waals surface area (Å²) in [5.41, 5.74) is -0.0790. The number of rotatable bonds is 3. The topological polar surface area (TPSA) is 72.7 Å². The number of nitro groups is 1. The second-order valence-corrected chi connectivity index (χ2v) is 3.58. The van der Waals surface area contributed by atoms with E-state index in [0.29, 0.717) is 18.7 Å². The predicted molar refractivity (Wildman–Crippen MR) is 54.8 cm³/mol. The number of ether oxygens (including phenoxy) is 1. The molecule has 1 aliphatic heterocycles. The second kappa shape index (κ2) is 4.36. The highest BCUT2D eigenvalue weighted by Gasteiger charge is 2.22. The van der Waals surface area contributed by atoms with Crippen molar-refractivity contribution in [3.05, 3.63) is 39.7 Å². The maximum atomic E-state index is 13.3. The summed E-state index contributed by atoms with van der Waals surface area (Å²) in [6.45, 7) is 0.944. The SMILES string of the molecule is O=C1OCCN1Cc1ccc([N+](=O)[O-])c(F)c1. The molecule has 1 aromatic rings. The van der Waals surface area contributed by atoms with Gasteiger partial charge >= 0.3 is 11.8 Å². The number of nitrogens with zero attached hydrogens (tertiary/aromatic N) is 2. The van der Waals surface area contributed by atoms with Gasteiger partial charge in [-0.1, -0.05) is 6.07 Å². The van der Waals surface area contributed by atoms with Crippen molar-refractivity contribution in [2.45, 2.75) is 6.54 Å². The van der Waals surface area contributed by atoms with Gasteiger partial charge in [0.25, 0.3) is 0 Å². The number of cyclic esters (lactones) is 1. The van der Waals surface area contributed by atoms with Gasteiger partial charge in [-0.25, -0.2) is 4.79 Å². The zero-order valence-corrected chi connectivity index (χ0v) is 8.76. The average Bonchev–Trinajstić information content (AvgIpc) is 2.64. The molecule has 1 aromatic carbocycles. The number of nitro benzene ring substituents is 1. The molecule has 2 rings (SSSR count). The Kier molecular flexibility index (Phi) is 2.90. The molecule has 0 atom stereocenters. The van der Waals surface area contributed by atoms with Crippen molar-refractivity contribution in [2.75, 3.05) is 13.2 Å². The lowest BCUT2D eigenvalue weighted by Gasteiger charge is -2.12. The van der Waals surface area contributed by atoms with Gasteiger partial charge in [0.05, 0.1) is 11.5 Å². The number of benzene rings is 1. The molecule has 6 nitrogen and oxygen atoms in total. The smallest absolute Gasteiger partial charge is 0.410 e. The molecule has 0 saturated carbocycles. The fourth-order valence-electron chi connectivity index (χ4n) is 1.59. The summed E-state index contributed by atoms with van der Waals surface area (Å²) in [7, 11) is 0. The van der Waals surface area contributed by atoms with E-state index in [4.69, 9.17) is 4.74 Å². The maximum Gasteiger partial charge on any atom is 0.410 e. The fourth-order valence-corrected chi connectivity index (χ4v) is 1.59. The molecule has 1 amide bonds. The molecule has 1 heterocycles. The molecule has 1 saturated heterocycles. The van der Waals surface area contributed by atoms with Gasteiger partial charge in [-0.2, -0.15) is 4.39 Å². The minimum absolute atomic E-state index is 0.188. The minimum atomic E-state index is -0.903. The molecule has 0 N–H and O–H groups in total. The van der Waals surface area contributed by atoms with Crippen molar-refractivity contribution in [3.8, 4) is 0 Å². The molecule has 0 aliphatic carbocycles. The summed E-state index contributed by atoms with van der Waals surface area (Å²) >= 11 is 0. The lowest BCUT2D eigenvalue weighted by Crippen LogP contribution is -2.23. The summed E-state index contributed by atoms with van der Waals surface area (Å²) in [5, 5.41) is 10.4. The third kappa shape index (κ3) is 2.32. The van der Waals surface area contributed by atoms with Crippen LogP contribution < -0.4 is 0 Å². The first-order valence-corrected chi connectivity index (χ1v) is 4.92. The highest BCUT2D eigenvalue weighted by atomic mass is 19.1. The van der Waals surface area contributed by atoms with Crippen molar-refractivity contribution in [1.29, 1.82) is 0 Å². The van der Waals surface area contributed by atoms with Crippen LogP contribution in [-0.2, 0) is 11.3 Å². The van der Waals surface area contributed by atoms with E-state index < -0.39 is 22.5 Å². The monoisotopic (exact) mass is 240 g/mol. The molecule has 17 heavy (non-hydrogen) atoms. The molecular formula is C10H9FN2O4. The van der Waals surface area contributed by atoms with Gasteiger partial charge in [0, 0.05) is 12.6 Å². The minimum Gasteiger partial charge on any atom is -0.448 e. The van der Waals surface area contributed by atoms with E-state index in [2.05, 4.69) is 0 Å². The average molecular weight is 240 g/mol. The fraction of sp³-hybridized carbons (Fsp3) is 0.300. The quantitative estimate of drug-likeness (QED) is 0.595. The number of carbonyl (C=O) groups excluding carboxylic acids is 1. The largest absolute Gasteiger partial charge is 0.448 e. The predicted octanol–water partition coefficient (Wildman–Crippen LogP) is 1.69. The summed E-state index contributed by atoms with van der Waals surface area (Å²) in [6, 6.07) is 3.57. The maximum absolute atomic E-state index is 13.3. The van der Waals surface area contributed by atoms with Crippen molar-refractivity contribution >= 4 is 11.8 Å². The van der Waals surface area contributed by atoms with Gasteiger partial charge in [0.15, 0.2) is 0 Å². The molecule has 1 fully saturated rings. The number of hydrogen-bond acceptors (Lipinski definition) is 4. The summed E-state index contributed by atoms with van der Waals surface area (Å²) in [5.74, 6) is -0.903. The molecule has 1 aliphatic rings. The number of hydrogen-bond donors (Lipinski definition) is 0. The van der Waals surface area contributed by atoms with Gasteiger partial charge in [-0.3, -0.25) is 10.1 Å². The number of halogens is 1. The Morgan fingerprint density at radius 1 is 1.53 bits per heavy atom. The molecule has 0 aromatic heterocycles. The standard InChI is InChI=1S/C10H9FN2O4/c11-8-5-7(1-2-9(8)13(15)16)6-12-3-4-17-10(12)14/h1-2,5H,3-4,6H2. The van der Waals surface area contributed by atoms with Crippen LogP contribution in [0.5, 0.6) is 0 Å². The Bertz CT molecular complexity index is 477. The van der Waals surface area contributed by atoms with Crippen LogP contribution in [0.1, 0.15) is 5.56 Å². The first-order chi connectivity index (χ1) is 8.08. The number of carbonyl (C=O) groups is 1. The van der Waals surface area contributed by atoms with Gasteiger partial charge in [-0.05, 0) is 11.6 Å². The zero-order chi connectivity index (χ0) is 12.4. The van der Waals surface area contributed by atoms with Crippen LogP contribution in [0.15, 0.2) is 18.2 Å². The Morgan fingerprint density at radius 2 is 2.29 bits per heavy atom. The molecule has 0 unspecified atom stereocenters. The van der Waals surface area contributed by atoms with E-state index in [9.17, 15) is 19.3 Å². The van der Waals surface area contributed by atoms with Crippen LogP contribution >= 0.6 is 0 Å². The Labute approximate surface area is 95.7 Å². The van der Waals surface area contributed by atoms with Crippen LogP contribution in [0.4, 0.5) is 14.9 Å². The molecule has 0 radical (unpaired) electrons. The van der Waals surface area contributed by atoms with Gasteiger partial charge < -0.3 is 9.64 Å². The van der Waals surface area contributed by atoms with Crippen LogP contribution in [0, 0.1) is 15.9 Å². The Balaban J connectivity index is 2.15. The second-order valence-electron chi connectivity index (χ2n) is 3.58. The van der Waals surface area contributed by atoms with E-state index in [-0.39, 0.29) is 6.54 Å². The first kappa shape index (κ1) is 11.3. The highest BCUT2D eigenvalue weighted by molar-refractivity contribution is 5.69. The van der Waals surface area contributed by atoms with Crippen molar-refractivity contribution in [2.24, 2.45) is 0 Å². The van der Waals surface area contributed by atoms with Crippen LogP contribution in [-0.4, -0.2) is 29.1 Å². The van der Waals surface area contributed by atoms with Crippen molar-refractivity contribution in [1.82, 2.24) is 4.90 Å². The molecular weight excluding hydrogens is 231 g/mol. The first-order valence-electron chi connectivity index (χ1n) is 4.92. The summed E-state index contributed by atoms with van der Waals surface area (Å²) in [4.78, 5) is 22.2. The normalized spacial score (nSPS) is 14.9. The third-order valence-electron chi connectivity index (χ3n) is 2.43. The van der Waals surface area contributed by atoms with E-state index in [1.807, 2.05) is 0 Å². The summed E-state index contributed by atoms with van der Waals surface area (Å²) < 4.78 is 18.0. The van der Waals surface area contributed by atoms with Crippen molar-refractivity contribution in [3.63, 3.8) is 0 Å². The van der Waals surface area contributed by atoms with Crippen LogP contribution in [0.3, 0.4) is 0 Å². The molecule has 0 bridgehead atoms. The Hall–Kier alpha value is -2.18. The van der Waals surface area contributed by atoms with Gasteiger partial charge in [0.2, 0.25) is 5.82 Å². The lowest BCUT2D eigenvalue weighted by atomic mass is 10.2. The summed E-state index contributed by atoms with van der Waals surface area (Å²) in [6.07, 6.45) is -0.455. The lowest BCUT2D eigenvalue weighted by molar-refractivity contribution is -0.387. The van der Waals surface area contributed by atoms with E-state index >= 15 is 0 Å². The molecule has 0 spiro atoms. The third-order valence-corrected chi connectivity index (χ3v) is 2.43. The van der Waals surface area contributed by atoms with Gasteiger partial charge in [-0.15, -0.1) is 0 Å². The molecule has 7 heteroatoms. The van der Waals surface area contributed by atoms with Gasteiger partial charge in [0.1, 0.15) is 6.61 Å². The molecule has 90 valence electrons. The number of amides is 1. The van der Waals surface area contributed by atoms with E-state index in [0.717, 1.165) is 12.1 Å². The van der Waals surface area contributed by atoms with Crippen LogP contribution in [0.25, 0.3) is 0 Å². The van der Waals surface area contributed by atoms with Crippen LogP contribution in [0.2, 0.25) is 0 Å².